The Morgan fingerprint density at radius 3 is 0.696 bits per heavy atom. The first-order valence-electron chi connectivity index (χ1n) is 42.7. The lowest BCUT2D eigenvalue weighted by Crippen LogP contribution is -2.30. The van der Waals surface area contributed by atoms with Crippen molar-refractivity contribution in [3.8, 4) is 0 Å². The number of phosphoric ester groups is 2. The molecule has 0 fully saturated rings. The van der Waals surface area contributed by atoms with Crippen molar-refractivity contribution in [2.45, 2.75) is 446 Å². The smallest absolute Gasteiger partial charge is 0.462 e. The molecule has 3 N–H and O–H groups in total. The van der Waals surface area contributed by atoms with E-state index in [1.807, 2.05) is 0 Å². The van der Waals surface area contributed by atoms with E-state index < -0.39 is 97.5 Å². The van der Waals surface area contributed by atoms with Gasteiger partial charge in [-0.1, -0.05) is 376 Å². The number of rotatable bonds is 80. The molecule has 19 heteroatoms. The first-order valence-corrected chi connectivity index (χ1v) is 45.7. The van der Waals surface area contributed by atoms with Crippen LogP contribution >= 0.6 is 15.6 Å². The highest BCUT2D eigenvalue weighted by Crippen LogP contribution is 2.45. The van der Waals surface area contributed by atoms with Gasteiger partial charge in [-0.15, -0.1) is 0 Å². The summed E-state index contributed by atoms with van der Waals surface area (Å²) in [7, 11) is -9.92. The maximum Gasteiger partial charge on any atom is 0.472 e. The van der Waals surface area contributed by atoms with Gasteiger partial charge >= 0.3 is 39.5 Å². The van der Waals surface area contributed by atoms with Gasteiger partial charge in [0, 0.05) is 25.7 Å². The van der Waals surface area contributed by atoms with Crippen molar-refractivity contribution in [3.05, 3.63) is 0 Å². The molecule has 0 aliphatic rings. The molecule has 0 spiro atoms. The summed E-state index contributed by atoms with van der Waals surface area (Å²) in [6.07, 6.45) is 59.8. The Kier molecular flexibility index (Phi) is 70.6. The predicted molar refractivity (Wildman–Crippen MR) is 418 cm³/mol. The van der Waals surface area contributed by atoms with Crippen molar-refractivity contribution in [3.63, 3.8) is 0 Å². The van der Waals surface area contributed by atoms with Crippen LogP contribution in [0.5, 0.6) is 0 Å². The zero-order valence-electron chi connectivity index (χ0n) is 67.2. The van der Waals surface area contributed by atoms with Gasteiger partial charge < -0.3 is 33.8 Å². The van der Waals surface area contributed by atoms with E-state index >= 15 is 0 Å². The normalized spacial score (nSPS) is 14.3. The van der Waals surface area contributed by atoms with E-state index in [9.17, 15) is 43.2 Å². The first kappa shape index (κ1) is 100. The maximum absolute atomic E-state index is 13.1. The Bertz CT molecular complexity index is 1990. The van der Waals surface area contributed by atoms with Crippen LogP contribution in [0.4, 0.5) is 0 Å². The summed E-state index contributed by atoms with van der Waals surface area (Å²) in [6.45, 7) is 14.3. The molecule has 0 bridgehead atoms. The van der Waals surface area contributed by atoms with E-state index in [4.69, 9.17) is 37.0 Å². The lowest BCUT2D eigenvalue weighted by Gasteiger charge is -2.21. The molecule has 0 radical (unpaired) electrons. The van der Waals surface area contributed by atoms with Crippen LogP contribution in [0.15, 0.2) is 0 Å². The number of carbonyl (C=O) groups is 4. The molecular weight excluding hydrogens is 1330 g/mol. The fourth-order valence-electron chi connectivity index (χ4n) is 12.8. The summed E-state index contributed by atoms with van der Waals surface area (Å²) in [5.74, 6) is 1.02. The van der Waals surface area contributed by atoms with Crippen molar-refractivity contribution >= 4 is 39.5 Å². The van der Waals surface area contributed by atoms with Crippen LogP contribution in [0.3, 0.4) is 0 Å². The molecule has 6 atom stereocenters. The molecule has 102 heavy (non-hydrogen) atoms. The summed E-state index contributed by atoms with van der Waals surface area (Å²) < 4.78 is 68.8. The summed E-state index contributed by atoms with van der Waals surface area (Å²) in [6, 6.07) is 0. The topological polar surface area (TPSA) is 237 Å². The number of aliphatic hydroxyl groups is 1. The van der Waals surface area contributed by atoms with Gasteiger partial charge in [0.2, 0.25) is 0 Å². The SMILES string of the molecule is CCC(C)CCCCCCCCCCCCCCCCCCCCC(=O)OC[C@H](COP(=O)(O)OCC(O)COP(=O)(O)OC[C@@H](COC(=O)CCCCCCCCCC(C)C)OC(=O)CCCCCCCCCCCCCCC(C)C)OC(=O)CCCCCCCCCCCCCCC(C)C. The second-order valence-electron chi connectivity index (χ2n) is 31.5. The van der Waals surface area contributed by atoms with Crippen LogP contribution in [0, 0.1) is 23.7 Å². The number of esters is 4. The van der Waals surface area contributed by atoms with E-state index in [0.29, 0.717) is 31.6 Å². The van der Waals surface area contributed by atoms with Crippen molar-refractivity contribution in [1.82, 2.24) is 0 Å². The quantitative estimate of drug-likeness (QED) is 0.0222. The lowest BCUT2D eigenvalue weighted by molar-refractivity contribution is -0.161. The zero-order chi connectivity index (χ0) is 75.3. The molecular formula is C83H162O17P2. The molecule has 0 aliphatic carbocycles. The summed E-state index contributed by atoms with van der Waals surface area (Å²) in [5.41, 5.74) is 0. The number of phosphoric acid groups is 2. The van der Waals surface area contributed by atoms with Crippen LogP contribution in [-0.2, 0) is 65.4 Å². The average Bonchev–Trinajstić information content (AvgIpc) is 0.912. The van der Waals surface area contributed by atoms with Crippen molar-refractivity contribution in [2.75, 3.05) is 39.6 Å². The van der Waals surface area contributed by atoms with Gasteiger partial charge in [0.05, 0.1) is 26.4 Å². The Morgan fingerprint density at radius 1 is 0.275 bits per heavy atom. The molecule has 0 heterocycles. The number of carbonyl (C=O) groups excluding carboxylic acids is 4. The molecule has 4 unspecified atom stereocenters. The second kappa shape index (κ2) is 72.0. The highest BCUT2D eigenvalue weighted by Gasteiger charge is 2.30. The third-order valence-electron chi connectivity index (χ3n) is 19.7. The monoisotopic (exact) mass is 1490 g/mol. The van der Waals surface area contributed by atoms with Gasteiger partial charge in [-0.05, 0) is 49.4 Å². The molecule has 0 saturated heterocycles. The van der Waals surface area contributed by atoms with E-state index in [1.54, 1.807) is 0 Å². The molecule has 0 aliphatic heterocycles. The van der Waals surface area contributed by atoms with E-state index in [1.165, 1.54) is 225 Å². The van der Waals surface area contributed by atoms with Crippen LogP contribution in [0.2, 0.25) is 0 Å². The van der Waals surface area contributed by atoms with E-state index in [-0.39, 0.29) is 25.7 Å². The molecule has 0 rings (SSSR count). The van der Waals surface area contributed by atoms with Crippen LogP contribution in [0.25, 0.3) is 0 Å². The Morgan fingerprint density at radius 2 is 0.471 bits per heavy atom. The zero-order valence-corrected chi connectivity index (χ0v) is 69.0. The van der Waals surface area contributed by atoms with Crippen LogP contribution in [-0.4, -0.2) is 96.7 Å². The van der Waals surface area contributed by atoms with Crippen molar-refractivity contribution in [1.29, 1.82) is 0 Å². The molecule has 0 amide bonds. The Balaban J connectivity index is 5.20. The third kappa shape index (κ3) is 74.9. The largest absolute Gasteiger partial charge is 0.472 e. The van der Waals surface area contributed by atoms with Crippen LogP contribution in [0.1, 0.15) is 428 Å². The first-order chi connectivity index (χ1) is 49.1. The van der Waals surface area contributed by atoms with Gasteiger partial charge in [-0.2, -0.15) is 0 Å². The van der Waals surface area contributed by atoms with Gasteiger partial charge in [-0.25, -0.2) is 9.13 Å². The number of ether oxygens (including phenoxy) is 4. The lowest BCUT2D eigenvalue weighted by atomic mass is 9.99. The standard InChI is InChI=1S/C83H162O17P2/c1-9-76(8)62-54-46-38-30-24-16-14-12-10-11-13-15-17-25-31-39-47-55-63-80(85)93-69-78(99-82(87)65-57-49-40-32-26-20-18-22-28-35-43-51-59-73(2)3)71-97-101(89,90)95-67-77(84)68-96-102(91,92)98-72-79(70-94-81(86)64-56-48-42-34-37-45-53-61-75(6)7)100-83(88)66-58-50-41-33-27-21-19-23-29-36-44-52-60-74(4)5/h73-79,84H,9-72H2,1-8H3,(H,89,90)(H,91,92)/t76?,77?,78-,79-/m1/s1. The third-order valence-corrected chi connectivity index (χ3v) is 21.6. The van der Waals surface area contributed by atoms with Gasteiger partial charge in [0.1, 0.15) is 19.3 Å². The Labute approximate surface area is 626 Å². The number of unbranched alkanes of at least 4 members (excludes halogenated alkanes) is 45. The molecule has 606 valence electrons. The van der Waals surface area contributed by atoms with Gasteiger partial charge in [0.25, 0.3) is 0 Å². The molecule has 17 nitrogen and oxygen atoms in total. The number of hydrogen-bond acceptors (Lipinski definition) is 15. The highest BCUT2D eigenvalue weighted by atomic mass is 31.2. The highest BCUT2D eigenvalue weighted by molar-refractivity contribution is 7.47. The minimum Gasteiger partial charge on any atom is -0.462 e. The molecule has 0 aromatic carbocycles. The minimum atomic E-state index is -4.96. The molecule has 0 aromatic heterocycles. The predicted octanol–water partition coefficient (Wildman–Crippen LogP) is 24.8. The number of aliphatic hydroxyl groups excluding tert-OH is 1. The van der Waals surface area contributed by atoms with Crippen LogP contribution < -0.4 is 0 Å². The summed E-state index contributed by atoms with van der Waals surface area (Å²) in [5, 5.41) is 10.6. The Hall–Kier alpha value is -1.94. The fraction of sp³-hybridized carbons (Fsp3) is 0.952. The van der Waals surface area contributed by atoms with E-state index in [0.717, 1.165) is 114 Å². The summed E-state index contributed by atoms with van der Waals surface area (Å²) in [4.78, 5) is 73.1. The van der Waals surface area contributed by atoms with Crippen molar-refractivity contribution < 1.29 is 80.2 Å². The number of hydrogen-bond donors (Lipinski definition) is 3. The molecule has 0 saturated carbocycles. The van der Waals surface area contributed by atoms with Crippen molar-refractivity contribution in [2.24, 2.45) is 23.7 Å². The summed E-state index contributed by atoms with van der Waals surface area (Å²) >= 11 is 0. The second-order valence-corrected chi connectivity index (χ2v) is 34.4. The van der Waals surface area contributed by atoms with E-state index in [2.05, 4.69) is 55.4 Å². The van der Waals surface area contributed by atoms with Gasteiger partial charge in [-0.3, -0.25) is 37.3 Å². The minimum absolute atomic E-state index is 0.106. The van der Waals surface area contributed by atoms with Gasteiger partial charge in [0.15, 0.2) is 12.2 Å². The average molecular weight is 1490 g/mol. The maximum atomic E-state index is 13.1. The fourth-order valence-corrected chi connectivity index (χ4v) is 14.3. The molecule has 0 aromatic rings.